The van der Waals surface area contributed by atoms with Gasteiger partial charge in [0.1, 0.15) is 17.4 Å². The molecular formula is C23H20N2O2S. The Morgan fingerprint density at radius 1 is 1.07 bits per heavy atom. The summed E-state index contributed by atoms with van der Waals surface area (Å²) in [6.45, 7) is 5.95. The summed E-state index contributed by atoms with van der Waals surface area (Å²) >= 11 is 1.49. The van der Waals surface area contributed by atoms with Crippen LogP contribution >= 0.6 is 11.8 Å². The van der Waals surface area contributed by atoms with Gasteiger partial charge in [-0.1, -0.05) is 41.6 Å². The topological polar surface area (TPSA) is 66.0 Å². The van der Waals surface area contributed by atoms with Crippen molar-refractivity contribution in [2.45, 2.75) is 30.8 Å². The Hall–Kier alpha value is -3.23. The minimum absolute atomic E-state index is 0.0119. The highest BCUT2D eigenvalue weighted by atomic mass is 32.2. The highest BCUT2D eigenvalue weighted by molar-refractivity contribution is 7.99. The van der Waals surface area contributed by atoms with Crippen LogP contribution in [-0.2, 0) is 4.79 Å². The van der Waals surface area contributed by atoms with E-state index in [9.17, 15) is 10.1 Å². The van der Waals surface area contributed by atoms with Gasteiger partial charge in [-0.25, -0.2) is 0 Å². The number of furan rings is 1. The van der Waals surface area contributed by atoms with Gasteiger partial charge in [0.2, 0.25) is 0 Å². The second-order valence-electron chi connectivity index (χ2n) is 6.44. The summed E-state index contributed by atoms with van der Waals surface area (Å²) in [5.41, 5.74) is 3.93. The van der Waals surface area contributed by atoms with Crippen molar-refractivity contribution in [1.82, 2.24) is 0 Å². The van der Waals surface area contributed by atoms with Gasteiger partial charge in [0.15, 0.2) is 5.09 Å². The lowest BCUT2D eigenvalue weighted by molar-refractivity contribution is -0.112. The van der Waals surface area contributed by atoms with Gasteiger partial charge in [-0.15, -0.1) is 0 Å². The molecule has 0 aliphatic heterocycles. The van der Waals surface area contributed by atoms with Crippen molar-refractivity contribution in [2.24, 2.45) is 0 Å². The highest BCUT2D eigenvalue weighted by Gasteiger charge is 2.13. The van der Waals surface area contributed by atoms with E-state index in [2.05, 4.69) is 5.32 Å². The van der Waals surface area contributed by atoms with E-state index in [0.717, 1.165) is 16.0 Å². The van der Waals surface area contributed by atoms with Gasteiger partial charge >= 0.3 is 0 Å². The normalized spacial score (nSPS) is 11.1. The SMILES string of the molecule is Cc1ccc(Sc2ccc(/C=C(/C#N)C(=O)Nc3cccc(C)c3C)o2)cc1. The molecule has 0 fully saturated rings. The predicted octanol–water partition coefficient (Wildman–Crippen LogP) is 5.90. The van der Waals surface area contributed by atoms with Crippen molar-refractivity contribution in [3.05, 3.63) is 82.6 Å². The summed E-state index contributed by atoms with van der Waals surface area (Å²) in [6.07, 6.45) is 1.46. The van der Waals surface area contributed by atoms with Crippen LogP contribution < -0.4 is 5.32 Å². The molecule has 0 aliphatic carbocycles. The molecule has 2 aromatic carbocycles. The monoisotopic (exact) mass is 388 g/mol. The van der Waals surface area contributed by atoms with Crippen molar-refractivity contribution in [1.29, 1.82) is 5.26 Å². The molecule has 3 aromatic rings. The van der Waals surface area contributed by atoms with Gasteiger partial charge in [0.25, 0.3) is 5.91 Å². The molecule has 1 heterocycles. The third-order valence-electron chi connectivity index (χ3n) is 4.35. The first-order chi connectivity index (χ1) is 13.5. The Kier molecular flexibility index (Phi) is 6.03. The molecule has 3 rings (SSSR count). The van der Waals surface area contributed by atoms with Crippen LogP contribution in [0.15, 0.2) is 74.6 Å². The molecule has 1 amide bonds. The van der Waals surface area contributed by atoms with Crippen LogP contribution in [0.3, 0.4) is 0 Å². The summed E-state index contributed by atoms with van der Waals surface area (Å²) in [5.74, 6) is 0.00242. The molecule has 0 unspecified atom stereocenters. The van der Waals surface area contributed by atoms with Gasteiger partial charge in [-0.05, 0) is 62.2 Å². The molecule has 0 atom stereocenters. The van der Waals surface area contributed by atoms with Crippen LogP contribution in [0.2, 0.25) is 0 Å². The maximum Gasteiger partial charge on any atom is 0.266 e. The molecule has 0 bridgehead atoms. The van der Waals surface area contributed by atoms with Crippen molar-refractivity contribution in [3.8, 4) is 6.07 Å². The van der Waals surface area contributed by atoms with Crippen molar-refractivity contribution < 1.29 is 9.21 Å². The lowest BCUT2D eigenvalue weighted by Crippen LogP contribution is -2.14. The van der Waals surface area contributed by atoms with Crippen LogP contribution in [0.4, 0.5) is 5.69 Å². The first kappa shape index (κ1) is 19.5. The number of anilines is 1. The fourth-order valence-corrected chi connectivity index (χ4v) is 3.33. The smallest absolute Gasteiger partial charge is 0.266 e. The van der Waals surface area contributed by atoms with Crippen LogP contribution in [0.5, 0.6) is 0 Å². The second kappa shape index (κ2) is 8.64. The van der Waals surface area contributed by atoms with E-state index in [1.807, 2.05) is 75.4 Å². The maximum atomic E-state index is 12.5. The number of hydrogen-bond acceptors (Lipinski definition) is 4. The minimum Gasteiger partial charge on any atom is -0.450 e. The predicted molar refractivity (Wildman–Crippen MR) is 112 cm³/mol. The lowest BCUT2D eigenvalue weighted by Gasteiger charge is -2.09. The molecule has 140 valence electrons. The summed E-state index contributed by atoms with van der Waals surface area (Å²) in [6, 6.07) is 19.3. The zero-order chi connectivity index (χ0) is 20.1. The maximum absolute atomic E-state index is 12.5. The number of carbonyl (C=O) groups is 1. The molecule has 5 heteroatoms. The quantitative estimate of drug-likeness (QED) is 0.436. The average Bonchev–Trinajstić information content (AvgIpc) is 3.12. The number of nitrogens with one attached hydrogen (secondary N) is 1. The number of benzene rings is 2. The molecule has 1 N–H and O–H groups in total. The largest absolute Gasteiger partial charge is 0.450 e. The van der Waals surface area contributed by atoms with E-state index in [4.69, 9.17) is 4.42 Å². The molecule has 0 spiro atoms. The van der Waals surface area contributed by atoms with E-state index in [1.165, 1.54) is 23.4 Å². The summed E-state index contributed by atoms with van der Waals surface area (Å²) < 4.78 is 5.75. The van der Waals surface area contributed by atoms with E-state index in [-0.39, 0.29) is 5.57 Å². The van der Waals surface area contributed by atoms with E-state index in [1.54, 1.807) is 6.07 Å². The van der Waals surface area contributed by atoms with Gasteiger partial charge in [-0.2, -0.15) is 5.26 Å². The fourth-order valence-electron chi connectivity index (χ4n) is 2.56. The molecule has 1 aromatic heterocycles. The average molecular weight is 388 g/mol. The number of nitriles is 1. The van der Waals surface area contributed by atoms with Gasteiger partial charge in [-0.3, -0.25) is 4.79 Å². The van der Waals surface area contributed by atoms with Crippen molar-refractivity contribution in [2.75, 3.05) is 5.32 Å². The number of hydrogen-bond donors (Lipinski definition) is 1. The number of rotatable bonds is 5. The van der Waals surface area contributed by atoms with Crippen molar-refractivity contribution in [3.63, 3.8) is 0 Å². The molecule has 0 aliphatic rings. The Balaban J connectivity index is 1.74. The third kappa shape index (κ3) is 4.73. The number of carbonyl (C=O) groups excluding carboxylic acids is 1. The van der Waals surface area contributed by atoms with Crippen LogP contribution in [0.25, 0.3) is 6.08 Å². The Bertz CT molecular complexity index is 1070. The van der Waals surface area contributed by atoms with Gasteiger partial charge in [0.05, 0.1) is 0 Å². The lowest BCUT2D eigenvalue weighted by atomic mass is 10.1. The Labute approximate surface area is 168 Å². The summed E-state index contributed by atoms with van der Waals surface area (Å²) in [4.78, 5) is 13.6. The first-order valence-corrected chi connectivity index (χ1v) is 9.61. The fraction of sp³-hybridized carbons (Fsp3) is 0.130. The Morgan fingerprint density at radius 2 is 1.82 bits per heavy atom. The molecular weight excluding hydrogens is 368 g/mol. The van der Waals surface area contributed by atoms with Crippen molar-refractivity contribution >= 4 is 29.4 Å². The van der Waals surface area contributed by atoms with E-state index in [0.29, 0.717) is 16.5 Å². The number of aryl methyl sites for hydroxylation is 2. The van der Waals surface area contributed by atoms with E-state index >= 15 is 0 Å². The van der Waals surface area contributed by atoms with Crippen LogP contribution in [-0.4, -0.2) is 5.91 Å². The molecule has 4 nitrogen and oxygen atoms in total. The van der Waals surface area contributed by atoms with Crippen LogP contribution in [0, 0.1) is 32.1 Å². The standard InChI is InChI=1S/C23H20N2O2S/c1-15-7-10-20(11-8-15)28-22-12-9-19(27-22)13-18(14-24)23(26)25-21-6-4-5-16(2)17(21)3/h4-13H,1-3H3,(H,25,26)/b18-13-. The van der Waals surface area contributed by atoms with Gasteiger partial charge < -0.3 is 9.73 Å². The van der Waals surface area contributed by atoms with Gasteiger partial charge in [0, 0.05) is 16.7 Å². The minimum atomic E-state index is -0.458. The highest BCUT2D eigenvalue weighted by Crippen LogP contribution is 2.30. The summed E-state index contributed by atoms with van der Waals surface area (Å²) in [7, 11) is 0. The number of nitrogens with zero attached hydrogens (tertiary/aromatic N) is 1. The van der Waals surface area contributed by atoms with Crippen LogP contribution in [0.1, 0.15) is 22.5 Å². The molecule has 0 saturated heterocycles. The molecule has 0 saturated carbocycles. The third-order valence-corrected chi connectivity index (χ3v) is 5.27. The van der Waals surface area contributed by atoms with E-state index < -0.39 is 5.91 Å². The zero-order valence-electron chi connectivity index (χ0n) is 15.9. The Morgan fingerprint density at radius 3 is 2.54 bits per heavy atom. The first-order valence-electron chi connectivity index (χ1n) is 8.80. The molecule has 0 radical (unpaired) electrons. The number of amides is 1. The second-order valence-corrected chi connectivity index (χ2v) is 7.52. The molecule has 28 heavy (non-hydrogen) atoms. The zero-order valence-corrected chi connectivity index (χ0v) is 16.8. The summed E-state index contributed by atoms with van der Waals surface area (Å²) in [5, 5.41) is 12.9.